The summed E-state index contributed by atoms with van der Waals surface area (Å²) in [6.45, 7) is -0.699. The van der Waals surface area contributed by atoms with Gasteiger partial charge in [0.2, 0.25) is 15.9 Å². The molecule has 31 heavy (non-hydrogen) atoms. The number of cyclic esters (lactones) is 1. The van der Waals surface area contributed by atoms with Gasteiger partial charge in [-0.2, -0.15) is 0 Å². The quantitative estimate of drug-likeness (QED) is 0.596. The SMILES string of the molecule is O=C(CCNS(=O)(=O)c1cccc(F)c1)N[C@@H](CN1C(=O)COC1=O)c1ccccc1. The zero-order valence-electron chi connectivity index (χ0n) is 16.3. The van der Waals surface area contributed by atoms with Crippen LogP contribution in [0.15, 0.2) is 59.5 Å². The molecule has 9 nitrogen and oxygen atoms in total. The highest BCUT2D eigenvalue weighted by molar-refractivity contribution is 7.89. The number of sulfonamides is 1. The van der Waals surface area contributed by atoms with Crippen LogP contribution in [0.3, 0.4) is 0 Å². The van der Waals surface area contributed by atoms with Crippen molar-refractivity contribution in [3.8, 4) is 0 Å². The van der Waals surface area contributed by atoms with E-state index in [1.807, 2.05) is 0 Å². The Morgan fingerprint density at radius 2 is 1.87 bits per heavy atom. The third-order valence-corrected chi connectivity index (χ3v) is 5.95. The zero-order valence-corrected chi connectivity index (χ0v) is 17.1. The van der Waals surface area contributed by atoms with E-state index in [1.54, 1.807) is 30.3 Å². The Bertz CT molecular complexity index is 1060. The highest BCUT2D eigenvalue weighted by Crippen LogP contribution is 2.17. The lowest BCUT2D eigenvalue weighted by molar-refractivity contribution is -0.127. The molecular formula is C20H20FN3O6S. The minimum absolute atomic E-state index is 0.123. The molecule has 1 atom stereocenters. The molecule has 0 unspecified atom stereocenters. The topological polar surface area (TPSA) is 122 Å². The predicted molar refractivity (Wildman–Crippen MR) is 107 cm³/mol. The van der Waals surface area contributed by atoms with Gasteiger partial charge in [0, 0.05) is 13.0 Å². The van der Waals surface area contributed by atoms with Crippen LogP contribution >= 0.6 is 0 Å². The van der Waals surface area contributed by atoms with Crippen molar-refractivity contribution in [2.75, 3.05) is 19.7 Å². The van der Waals surface area contributed by atoms with E-state index in [-0.39, 0.29) is 31.0 Å². The Labute approximate surface area is 178 Å². The van der Waals surface area contributed by atoms with Crippen molar-refractivity contribution in [1.29, 1.82) is 0 Å². The normalized spacial score (nSPS) is 14.9. The Morgan fingerprint density at radius 1 is 1.13 bits per heavy atom. The molecule has 1 aliphatic heterocycles. The van der Waals surface area contributed by atoms with Gasteiger partial charge in [-0.05, 0) is 23.8 Å². The van der Waals surface area contributed by atoms with Crippen LogP contribution in [0, 0.1) is 5.82 Å². The molecule has 1 heterocycles. The summed E-state index contributed by atoms with van der Waals surface area (Å²) in [7, 11) is -3.98. The molecule has 0 aliphatic carbocycles. The van der Waals surface area contributed by atoms with Gasteiger partial charge in [0.25, 0.3) is 5.91 Å². The molecule has 0 radical (unpaired) electrons. The lowest BCUT2D eigenvalue weighted by Gasteiger charge is -2.23. The Hall–Kier alpha value is -3.31. The van der Waals surface area contributed by atoms with E-state index in [1.165, 1.54) is 12.1 Å². The molecule has 1 saturated heterocycles. The van der Waals surface area contributed by atoms with Gasteiger partial charge in [0.15, 0.2) is 6.61 Å². The highest BCUT2D eigenvalue weighted by atomic mass is 32.2. The summed E-state index contributed by atoms with van der Waals surface area (Å²) in [6, 6.07) is 12.5. The van der Waals surface area contributed by atoms with Crippen LogP contribution in [0.2, 0.25) is 0 Å². The van der Waals surface area contributed by atoms with E-state index < -0.39 is 39.8 Å². The highest BCUT2D eigenvalue weighted by Gasteiger charge is 2.33. The molecule has 2 aromatic rings. The van der Waals surface area contributed by atoms with E-state index in [4.69, 9.17) is 4.74 Å². The van der Waals surface area contributed by atoms with Gasteiger partial charge in [-0.15, -0.1) is 0 Å². The fraction of sp³-hybridized carbons (Fsp3) is 0.250. The number of imide groups is 1. The first-order chi connectivity index (χ1) is 14.8. The molecule has 2 N–H and O–H groups in total. The molecule has 0 spiro atoms. The van der Waals surface area contributed by atoms with E-state index in [2.05, 4.69) is 10.0 Å². The maximum atomic E-state index is 13.3. The van der Waals surface area contributed by atoms with Gasteiger partial charge in [-0.3, -0.25) is 9.59 Å². The summed E-state index contributed by atoms with van der Waals surface area (Å²) in [5.74, 6) is -1.71. The van der Waals surface area contributed by atoms with Crippen LogP contribution in [0.1, 0.15) is 18.0 Å². The lowest BCUT2D eigenvalue weighted by atomic mass is 10.1. The van der Waals surface area contributed by atoms with Crippen molar-refractivity contribution in [2.45, 2.75) is 17.4 Å². The fourth-order valence-electron chi connectivity index (χ4n) is 2.94. The minimum atomic E-state index is -3.98. The Morgan fingerprint density at radius 3 is 2.52 bits per heavy atom. The summed E-state index contributed by atoms with van der Waals surface area (Å²) >= 11 is 0. The summed E-state index contributed by atoms with van der Waals surface area (Å²) in [5.41, 5.74) is 0.656. The smallest absolute Gasteiger partial charge is 0.417 e. The van der Waals surface area contributed by atoms with Gasteiger partial charge < -0.3 is 10.1 Å². The molecule has 2 aromatic carbocycles. The second-order valence-electron chi connectivity index (χ2n) is 6.69. The second kappa shape index (κ2) is 9.67. The van der Waals surface area contributed by atoms with E-state index in [0.29, 0.717) is 5.56 Å². The summed E-state index contributed by atoms with van der Waals surface area (Å²) in [6.07, 6.45) is -1.00. The first kappa shape index (κ1) is 22.4. The number of benzene rings is 2. The standard InChI is InChI=1S/C20H20FN3O6S/c21-15-7-4-8-16(11-15)31(28,29)22-10-9-18(25)23-17(14-5-2-1-3-6-14)12-24-19(26)13-30-20(24)27/h1-8,11,17,22H,9-10,12-13H2,(H,23,25)/t17-/m0/s1. The largest absolute Gasteiger partial charge is 0.439 e. The number of carbonyl (C=O) groups excluding carboxylic acids is 3. The first-order valence-corrected chi connectivity index (χ1v) is 10.8. The number of amides is 3. The number of carbonyl (C=O) groups is 3. The van der Waals surface area contributed by atoms with Crippen molar-refractivity contribution in [1.82, 2.24) is 14.9 Å². The third kappa shape index (κ3) is 5.86. The fourth-order valence-corrected chi connectivity index (χ4v) is 4.01. The van der Waals surface area contributed by atoms with Crippen LogP contribution in [-0.2, 0) is 24.3 Å². The number of ether oxygens (including phenoxy) is 1. The van der Waals surface area contributed by atoms with Gasteiger partial charge in [-0.1, -0.05) is 36.4 Å². The number of halogens is 1. The van der Waals surface area contributed by atoms with Crippen LogP contribution in [-0.4, -0.2) is 50.9 Å². The van der Waals surface area contributed by atoms with Crippen LogP contribution < -0.4 is 10.0 Å². The van der Waals surface area contributed by atoms with Crippen LogP contribution in [0.25, 0.3) is 0 Å². The number of nitrogens with zero attached hydrogens (tertiary/aromatic N) is 1. The number of rotatable bonds is 9. The first-order valence-electron chi connectivity index (χ1n) is 9.33. The van der Waals surface area contributed by atoms with Crippen molar-refractivity contribution in [3.05, 3.63) is 66.0 Å². The van der Waals surface area contributed by atoms with Gasteiger partial charge >= 0.3 is 6.09 Å². The summed E-state index contributed by atoms with van der Waals surface area (Å²) < 4.78 is 44.6. The number of hydrogen-bond acceptors (Lipinski definition) is 6. The molecule has 1 aliphatic rings. The minimum Gasteiger partial charge on any atom is -0.439 e. The van der Waals surface area contributed by atoms with Crippen LogP contribution in [0.5, 0.6) is 0 Å². The maximum Gasteiger partial charge on any atom is 0.417 e. The zero-order chi connectivity index (χ0) is 22.4. The average molecular weight is 449 g/mol. The monoisotopic (exact) mass is 449 g/mol. The van der Waals surface area contributed by atoms with E-state index in [0.717, 1.165) is 17.0 Å². The van der Waals surface area contributed by atoms with Crippen molar-refractivity contribution < 1.29 is 31.9 Å². The van der Waals surface area contributed by atoms with E-state index in [9.17, 15) is 27.2 Å². The van der Waals surface area contributed by atoms with Gasteiger partial charge in [-0.25, -0.2) is 27.2 Å². The van der Waals surface area contributed by atoms with Crippen LogP contribution in [0.4, 0.5) is 9.18 Å². The Balaban J connectivity index is 1.61. The van der Waals surface area contributed by atoms with Crippen molar-refractivity contribution in [3.63, 3.8) is 0 Å². The number of hydrogen-bond donors (Lipinski definition) is 2. The maximum absolute atomic E-state index is 13.3. The molecule has 11 heteroatoms. The second-order valence-corrected chi connectivity index (χ2v) is 8.46. The molecule has 164 valence electrons. The third-order valence-electron chi connectivity index (χ3n) is 4.49. The molecular weight excluding hydrogens is 429 g/mol. The van der Waals surface area contributed by atoms with Crippen molar-refractivity contribution in [2.24, 2.45) is 0 Å². The van der Waals surface area contributed by atoms with E-state index >= 15 is 0 Å². The molecule has 0 aromatic heterocycles. The van der Waals surface area contributed by atoms with Crippen molar-refractivity contribution >= 4 is 27.9 Å². The van der Waals surface area contributed by atoms with Gasteiger partial charge in [0.05, 0.1) is 17.5 Å². The molecule has 3 rings (SSSR count). The molecule has 0 bridgehead atoms. The summed E-state index contributed by atoms with van der Waals surface area (Å²) in [5, 5.41) is 2.70. The molecule has 3 amide bonds. The molecule has 1 fully saturated rings. The Kier molecular flexibility index (Phi) is 6.98. The average Bonchev–Trinajstić information content (AvgIpc) is 3.06. The van der Waals surface area contributed by atoms with Gasteiger partial charge in [0.1, 0.15) is 5.82 Å². The summed E-state index contributed by atoms with van der Waals surface area (Å²) in [4.78, 5) is 36.7. The lowest BCUT2D eigenvalue weighted by Crippen LogP contribution is -2.41. The molecule has 0 saturated carbocycles. The predicted octanol–water partition coefficient (Wildman–Crippen LogP) is 1.33. The number of nitrogens with one attached hydrogen (secondary N) is 2.